The summed E-state index contributed by atoms with van der Waals surface area (Å²) in [4.78, 5) is 58.6. The largest absolute Gasteiger partial charge is 0.492 e. The van der Waals surface area contributed by atoms with Crippen molar-refractivity contribution in [1.29, 1.82) is 0 Å². The molecule has 0 spiro atoms. The third-order valence-corrected chi connectivity index (χ3v) is 13.0. The van der Waals surface area contributed by atoms with Gasteiger partial charge in [-0.05, 0) is 103 Å². The summed E-state index contributed by atoms with van der Waals surface area (Å²) in [6.45, 7) is 8.14. The van der Waals surface area contributed by atoms with E-state index in [0.29, 0.717) is 43.4 Å². The number of anilines is 1. The Hall–Kier alpha value is -5.65. The van der Waals surface area contributed by atoms with Gasteiger partial charge in [-0.1, -0.05) is 79.7 Å². The number of carbonyl (C=O) groups excluding carboxylic acids is 4. The highest BCUT2D eigenvalue weighted by Gasteiger charge is 2.48. The van der Waals surface area contributed by atoms with Crippen molar-refractivity contribution in [3.05, 3.63) is 131 Å². The van der Waals surface area contributed by atoms with Crippen LogP contribution in [0.25, 0.3) is 11.1 Å². The Morgan fingerprint density at radius 2 is 1.41 bits per heavy atom. The van der Waals surface area contributed by atoms with Crippen LogP contribution in [0.4, 0.5) is 10.1 Å². The summed E-state index contributed by atoms with van der Waals surface area (Å²) in [7, 11) is 0. The van der Waals surface area contributed by atoms with Gasteiger partial charge in [-0.15, -0.1) is 0 Å². The highest BCUT2D eigenvalue weighted by atomic mass is 19.1. The number of hydrogen-bond acceptors (Lipinski definition) is 8. The molecular formula is C48H50FN5O5. The predicted octanol–water partition coefficient (Wildman–Crippen LogP) is 6.65. The highest BCUT2D eigenvalue weighted by Crippen LogP contribution is 2.40. The van der Waals surface area contributed by atoms with Crippen molar-refractivity contribution in [3.63, 3.8) is 0 Å². The van der Waals surface area contributed by atoms with Gasteiger partial charge in [0.2, 0.25) is 11.8 Å². The number of amides is 4. The van der Waals surface area contributed by atoms with Crippen LogP contribution in [0.3, 0.4) is 0 Å². The van der Waals surface area contributed by atoms with Crippen LogP contribution < -0.4 is 15.0 Å². The van der Waals surface area contributed by atoms with E-state index in [-0.39, 0.29) is 24.0 Å². The molecule has 3 atom stereocenters. The second-order valence-corrected chi connectivity index (χ2v) is 16.5. The monoisotopic (exact) mass is 795 g/mol. The predicted molar refractivity (Wildman–Crippen MR) is 224 cm³/mol. The summed E-state index contributed by atoms with van der Waals surface area (Å²) >= 11 is 0. The Morgan fingerprint density at radius 3 is 2.05 bits per heavy atom. The van der Waals surface area contributed by atoms with Gasteiger partial charge in [0.25, 0.3) is 11.8 Å². The number of rotatable bonds is 12. The van der Waals surface area contributed by atoms with Crippen molar-refractivity contribution in [2.45, 2.75) is 63.6 Å². The zero-order valence-corrected chi connectivity index (χ0v) is 33.4. The van der Waals surface area contributed by atoms with E-state index in [1.165, 1.54) is 33.9 Å². The van der Waals surface area contributed by atoms with E-state index < -0.39 is 35.5 Å². The molecule has 2 bridgehead atoms. The first kappa shape index (κ1) is 38.8. The molecule has 0 saturated carbocycles. The molecule has 0 aliphatic carbocycles. The Balaban J connectivity index is 0.751. The number of halogens is 1. The molecule has 6 heterocycles. The molecule has 4 amide bonds. The third kappa shape index (κ3) is 7.69. The van der Waals surface area contributed by atoms with Crippen LogP contribution in [0.15, 0.2) is 97.1 Å². The quantitative estimate of drug-likeness (QED) is 0.126. The van der Waals surface area contributed by atoms with Crippen molar-refractivity contribution >= 4 is 40.5 Å². The summed E-state index contributed by atoms with van der Waals surface area (Å²) in [5.41, 5.74) is 6.58. The Kier molecular flexibility index (Phi) is 10.9. The molecule has 11 heteroatoms. The number of hydrogen-bond donors (Lipinski definition) is 1. The number of carbonyl (C=O) groups is 4. The third-order valence-electron chi connectivity index (χ3n) is 13.0. The number of benzene rings is 4. The van der Waals surface area contributed by atoms with Crippen LogP contribution in [0.1, 0.15) is 82.9 Å². The number of allylic oxidation sites excluding steroid dienone is 1. The topological polar surface area (TPSA) is 102 Å². The molecule has 0 aromatic heterocycles. The Bertz CT molecular complexity index is 2260. The number of likely N-dealkylation sites (tertiary alicyclic amines) is 1. The fourth-order valence-corrected chi connectivity index (χ4v) is 9.89. The minimum Gasteiger partial charge on any atom is -0.492 e. The molecule has 59 heavy (non-hydrogen) atoms. The average Bonchev–Trinajstić information content (AvgIpc) is 3.50. The van der Waals surface area contributed by atoms with Crippen LogP contribution in [0.2, 0.25) is 0 Å². The molecule has 10 nitrogen and oxygen atoms in total. The van der Waals surface area contributed by atoms with Crippen molar-refractivity contribution < 1.29 is 28.3 Å². The van der Waals surface area contributed by atoms with Crippen molar-refractivity contribution in [2.75, 3.05) is 50.8 Å². The molecule has 4 aromatic rings. The van der Waals surface area contributed by atoms with Crippen LogP contribution in [-0.2, 0) is 9.59 Å². The molecule has 1 N–H and O–H groups in total. The maximum atomic E-state index is 15.6. The second kappa shape index (κ2) is 16.5. The first-order valence-electron chi connectivity index (χ1n) is 21.1. The van der Waals surface area contributed by atoms with E-state index in [0.717, 1.165) is 68.6 Å². The van der Waals surface area contributed by atoms with Gasteiger partial charge in [0.05, 0.1) is 16.8 Å². The number of imide groups is 2. The minimum absolute atomic E-state index is 0.0337. The number of nitrogens with one attached hydrogen (secondary N) is 1. The second-order valence-electron chi connectivity index (χ2n) is 16.5. The summed E-state index contributed by atoms with van der Waals surface area (Å²) in [6, 6.07) is 31.9. The van der Waals surface area contributed by atoms with E-state index >= 15 is 4.39 Å². The zero-order chi connectivity index (χ0) is 40.6. The van der Waals surface area contributed by atoms with Crippen LogP contribution in [0, 0.1) is 11.7 Å². The molecule has 6 aliphatic rings. The van der Waals surface area contributed by atoms with Gasteiger partial charge in [-0.2, -0.15) is 0 Å². The smallest absolute Gasteiger partial charge is 0.262 e. The molecule has 5 fully saturated rings. The molecule has 3 unspecified atom stereocenters. The standard InChI is InChI=1S/C48H50FN5O5/c1-2-38(32-9-5-3-6-10-32)45(33-11-7-4-8-12-33)34-13-15-37(16-14-34)59-24-23-51-21-19-31(20-22-51)28-53-35-25-36(53)30-52(29-35)43-27-40-39(26-41(43)49)47(57)54(48(40)58)42-17-18-44(55)50-46(42)56/h3-16,26-27,31,35-36,42H,2,17-25,28-30H2,1H3,(H,50,55,56). The Morgan fingerprint density at radius 1 is 0.780 bits per heavy atom. The van der Waals surface area contributed by atoms with E-state index in [9.17, 15) is 19.2 Å². The fourth-order valence-electron chi connectivity index (χ4n) is 9.89. The van der Waals surface area contributed by atoms with Gasteiger partial charge in [-0.25, -0.2) is 4.39 Å². The SMILES string of the molecule is CCC(=C(c1ccccc1)c1ccc(OCCN2CCC(CN3C4CC3CN(c3cc5c(cc3F)C(=O)N(C3CCC(=O)NC3=O)C5=O)C4)CC2)cc1)c1ccccc1. The normalized spacial score (nSPS) is 22.8. The molecule has 4 aromatic carbocycles. The molecule has 0 radical (unpaired) electrons. The van der Waals surface area contributed by atoms with Crippen LogP contribution in [-0.4, -0.2) is 102 Å². The number of piperidine rings is 3. The lowest BCUT2D eigenvalue weighted by molar-refractivity contribution is -0.136. The van der Waals surface area contributed by atoms with E-state index in [4.69, 9.17) is 4.74 Å². The van der Waals surface area contributed by atoms with Gasteiger partial charge in [0.1, 0.15) is 24.2 Å². The molecular weight excluding hydrogens is 746 g/mol. The van der Waals surface area contributed by atoms with E-state index in [1.807, 2.05) is 4.90 Å². The van der Waals surface area contributed by atoms with Gasteiger partial charge >= 0.3 is 0 Å². The van der Waals surface area contributed by atoms with E-state index in [1.54, 1.807) is 0 Å². The lowest BCUT2D eigenvalue weighted by Crippen LogP contribution is -2.69. The maximum Gasteiger partial charge on any atom is 0.262 e. The number of fused-ring (bicyclic) bond motifs is 3. The van der Waals surface area contributed by atoms with E-state index in [2.05, 4.69) is 107 Å². The van der Waals surface area contributed by atoms with Crippen molar-refractivity contribution in [2.24, 2.45) is 5.92 Å². The number of piperazine rings is 1. The molecule has 6 aliphatic heterocycles. The molecule has 5 saturated heterocycles. The lowest BCUT2D eigenvalue weighted by Gasteiger charge is -2.58. The molecule has 10 rings (SSSR count). The first-order chi connectivity index (χ1) is 28.7. The molecule has 304 valence electrons. The average molecular weight is 796 g/mol. The summed E-state index contributed by atoms with van der Waals surface area (Å²) in [6.07, 6.45) is 4.34. The summed E-state index contributed by atoms with van der Waals surface area (Å²) in [5, 5.41) is 2.20. The highest BCUT2D eigenvalue weighted by molar-refractivity contribution is 6.23. The van der Waals surface area contributed by atoms with Crippen LogP contribution >= 0.6 is 0 Å². The lowest BCUT2D eigenvalue weighted by atomic mass is 9.84. The number of nitrogens with zero attached hydrogens (tertiary/aromatic N) is 4. The van der Waals surface area contributed by atoms with Gasteiger partial charge in [0, 0.05) is 44.7 Å². The Labute approximate surface area is 344 Å². The summed E-state index contributed by atoms with van der Waals surface area (Å²) < 4.78 is 21.8. The maximum absolute atomic E-state index is 15.6. The zero-order valence-electron chi connectivity index (χ0n) is 33.4. The van der Waals surface area contributed by atoms with Crippen molar-refractivity contribution in [1.82, 2.24) is 20.0 Å². The fraction of sp³-hybridized carbons (Fsp3) is 0.375. The minimum atomic E-state index is -1.08. The van der Waals surface area contributed by atoms with Crippen LogP contribution in [0.5, 0.6) is 5.75 Å². The van der Waals surface area contributed by atoms with Gasteiger partial charge in [-0.3, -0.25) is 39.2 Å². The first-order valence-corrected chi connectivity index (χ1v) is 21.1. The number of ether oxygens (including phenoxy) is 1. The van der Waals surface area contributed by atoms with Gasteiger partial charge in [0.15, 0.2) is 0 Å². The van der Waals surface area contributed by atoms with Gasteiger partial charge < -0.3 is 9.64 Å². The van der Waals surface area contributed by atoms with Crippen molar-refractivity contribution in [3.8, 4) is 5.75 Å². The summed E-state index contributed by atoms with van der Waals surface area (Å²) in [5.74, 6) is -1.50.